The summed E-state index contributed by atoms with van der Waals surface area (Å²) in [6, 6.07) is 76.4. The Balaban J connectivity index is 0.995. The number of imidazole rings is 1. The third-order valence-electron chi connectivity index (χ3n) is 11.1. The summed E-state index contributed by atoms with van der Waals surface area (Å²) in [7, 11) is 0. The molecule has 56 heavy (non-hydrogen) atoms. The third kappa shape index (κ3) is 5.40. The summed E-state index contributed by atoms with van der Waals surface area (Å²) < 4.78 is 2.30. The fourth-order valence-corrected chi connectivity index (χ4v) is 8.35. The number of aromatic nitrogens is 2. The van der Waals surface area contributed by atoms with Gasteiger partial charge in [0.05, 0.1) is 16.6 Å². The number of nitrogens with zero attached hydrogens (tertiary/aromatic N) is 3. The van der Waals surface area contributed by atoms with Crippen LogP contribution in [-0.4, -0.2) is 9.38 Å². The second kappa shape index (κ2) is 13.1. The van der Waals surface area contributed by atoms with Crippen LogP contribution in [0.5, 0.6) is 0 Å². The minimum absolute atomic E-state index is 0.992. The molecule has 0 aliphatic heterocycles. The van der Waals surface area contributed by atoms with Crippen LogP contribution in [0.1, 0.15) is 0 Å². The smallest absolute Gasteiger partial charge is 0.146 e. The van der Waals surface area contributed by atoms with Gasteiger partial charge in [-0.25, -0.2) is 4.98 Å². The van der Waals surface area contributed by atoms with Crippen molar-refractivity contribution >= 4 is 66.2 Å². The van der Waals surface area contributed by atoms with E-state index in [1.165, 1.54) is 60.4 Å². The molecule has 0 unspecified atom stereocenters. The first-order valence-corrected chi connectivity index (χ1v) is 19.1. The summed E-state index contributed by atoms with van der Waals surface area (Å²) in [6.07, 6.45) is 0. The van der Waals surface area contributed by atoms with Crippen molar-refractivity contribution in [1.29, 1.82) is 0 Å². The fraction of sp³-hybridized carbons (Fsp3) is 0. The summed E-state index contributed by atoms with van der Waals surface area (Å²) in [5.41, 5.74) is 14.8. The van der Waals surface area contributed by atoms with E-state index in [-0.39, 0.29) is 0 Å². The van der Waals surface area contributed by atoms with Crippen molar-refractivity contribution in [1.82, 2.24) is 9.38 Å². The number of hydrogen-bond acceptors (Lipinski definition) is 2. The zero-order valence-corrected chi connectivity index (χ0v) is 30.5. The van der Waals surface area contributed by atoms with E-state index in [0.717, 1.165) is 39.1 Å². The van der Waals surface area contributed by atoms with Crippen molar-refractivity contribution in [2.24, 2.45) is 0 Å². The first kappa shape index (κ1) is 32.0. The highest BCUT2D eigenvalue weighted by atomic mass is 15.1. The van der Waals surface area contributed by atoms with Crippen molar-refractivity contribution in [2.75, 3.05) is 4.90 Å². The molecule has 0 radical (unpaired) electrons. The van der Waals surface area contributed by atoms with Gasteiger partial charge >= 0.3 is 0 Å². The number of rotatable bonds is 6. The molecule has 0 saturated heterocycles. The Kier molecular flexibility index (Phi) is 7.49. The number of para-hydroxylation sites is 3. The van der Waals surface area contributed by atoms with Crippen LogP contribution in [0.15, 0.2) is 212 Å². The van der Waals surface area contributed by atoms with Crippen LogP contribution < -0.4 is 4.90 Å². The first-order chi connectivity index (χ1) is 27.7. The Labute approximate surface area is 325 Å². The molecule has 0 aliphatic carbocycles. The summed E-state index contributed by atoms with van der Waals surface area (Å²) in [6.45, 7) is 0. The Morgan fingerprint density at radius 2 is 0.821 bits per heavy atom. The van der Waals surface area contributed by atoms with Crippen molar-refractivity contribution in [2.45, 2.75) is 0 Å². The van der Waals surface area contributed by atoms with E-state index < -0.39 is 0 Å². The molecule has 3 nitrogen and oxygen atoms in total. The molecule has 0 saturated carbocycles. The van der Waals surface area contributed by atoms with Crippen molar-refractivity contribution in [3.63, 3.8) is 0 Å². The largest absolute Gasteiger partial charge is 0.310 e. The minimum atomic E-state index is 0.992. The predicted molar refractivity (Wildman–Crippen MR) is 236 cm³/mol. The molecule has 11 rings (SSSR count). The van der Waals surface area contributed by atoms with Crippen LogP contribution in [0.2, 0.25) is 0 Å². The average molecular weight is 714 g/mol. The fourth-order valence-electron chi connectivity index (χ4n) is 8.35. The molecule has 0 fully saturated rings. The molecule has 262 valence electrons. The molecular weight excluding hydrogens is 679 g/mol. The lowest BCUT2D eigenvalue weighted by molar-refractivity contribution is 1.29. The van der Waals surface area contributed by atoms with Crippen LogP contribution >= 0.6 is 0 Å². The van der Waals surface area contributed by atoms with E-state index in [2.05, 4.69) is 222 Å². The van der Waals surface area contributed by atoms with Gasteiger partial charge in [0.2, 0.25) is 0 Å². The summed E-state index contributed by atoms with van der Waals surface area (Å²) in [5, 5.41) is 5.98. The van der Waals surface area contributed by atoms with Gasteiger partial charge in [0.25, 0.3) is 0 Å². The zero-order valence-electron chi connectivity index (χ0n) is 30.5. The SMILES string of the molecule is c1ccc(-c2ccc(N(c3ccc(-c4ccccc4)cc3)c3ccc4cc(-c5ccc6c(c5)c5ccccc5n5c7ccccc7nc65)ccc4c3)cc2)cc1. The van der Waals surface area contributed by atoms with Gasteiger partial charge in [-0.3, -0.25) is 4.40 Å². The van der Waals surface area contributed by atoms with Gasteiger partial charge in [-0.05, 0) is 122 Å². The topological polar surface area (TPSA) is 20.5 Å². The van der Waals surface area contributed by atoms with E-state index in [1.54, 1.807) is 0 Å². The van der Waals surface area contributed by atoms with Crippen LogP contribution in [0.3, 0.4) is 0 Å². The first-order valence-electron chi connectivity index (χ1n) is 19.1. The summed E-state index contributed by atoms with van der Waals surface area (Å²) >= 11 is 0. The van der Waals surface area contributed by atoms with Crippen molar-refractivity contribution in [3.05, 3.63) is 212 Å². The van der Waals surface area contributed by atoms with Crippen molar-refractivity contribution in [3.8, 4) is 33.4 Å². The maximum Gasteiger partial charge on any atom is 0.146 e. The number of hydrogen-bond donors (Lipinski definition) is 0. The van der Waals surface area contributed by atoms with Crippen LogP contribution in [0.25, 0.3) is 82.5 Å². The van der Waals surface area contributed by atoms with E-state index >= 15 is 0 Å². The van der Waals surface area contributed by atoms with Gasteiger partial charge in [-0.2, -0.15) is 0 Å². The van der Waals surface area contributed by atoms with E-state index in [9.17, 15) is 0 Å². The molecule has 11 aromatic rings. The van der Waals surface area contributed by atoms with Crippen LogP contribution in [-0.2, 0) is 0 Å². The minimum Gasteiger partial charge on any atom is -0.310 e. The third-order valence-corrected chi connectivity index (χ3v) is 11.1. The maximum atomic E-state index is 5.10. The second-order valence-electron chi connectivity index (χ2n) is 14.4. The molecular formula is C53H35N3. The highest BCUT2D eigenvalue weighted by Gasteiger charge is 2.16. The lowest BCUT2D eigenvalue weighted by atomic mass is 9.97. The van der Waals surface area contributed by atoms with E-state index in [0.29, 0.717) is 0 Å². The van der Waals surface area contributed by atoms with Crippen LogP contribution in [0, 0.1) is 0 Å². The summed E-state index contributed by atoms with van der Waals surface area (Å²) in [4.78, 5) is 7.45. The Hall–Kier alpha value is -7.49. The number of anilines is 3. The average Bonchev–Trinajstić information content (AvgIpc) is 3.68. The van der Waals surface area contributed by atoms with Gasteiger partial charge < -0.3 is 4.90 Å². The molecule has 0 amide bonds. The number of fused-ring (bicyclic) bond motifs is 9. The summed E-state index contributed by atoms with van der Waals surface area (Å²) in [5.74, 6) is 0. The molecule has 3 heteroatoms. The quantitative estimate of drug-likeness (QED) is 0.160. The monoisotopic (exact) mass is 713 g/mol. The Morgan fingerprint density at radius 3 is 1.52 bits per heavy atom. The van der Waals surface area contributed by atoms with E-state index in [1.807, 2.05) is 0 Å². The van der Waals surface area contributed by atoms with Gasteiger partial charge in [-0.15, -0.1) is 0 Å². The Morgan fingerprint density at radius 1 is 0.321 bits per heavy atom. The molecule has 2 heterocycles. The highest BCUT2D eigenvalue weighted by Crippen LogP contribution is 2.40. The number of pyridine rings is 1. The van der Waals surface area contributed by atoms with Crippen molar-refractivity contribution < 1.29 is 0 Å². The predicted octanol–water partition coefficient (Wildman–Crippen LogP) is 14.4. The lowest BCUT2D eigenvalue weighted by Crippen LogP contribution is -2.09. The van der Waals surface area contributed by atoms with Gasteiger partial charge in [0.1, 0.15) is 5.65 Å². The molecule has 0 aliphatic rings. The second-order valence-corrected chi connectivity index (χ2v) is 14.4. The molecule has 0 spiro atoms. The van der Waals surface area contributed by atoms with Gasteiger partial charge in [0, 0.05) is 27.8 Å². The van der Waals surface area contributed by atoms with Gasteiger partial charge in [0.15, 0.2) is 0 Å². The molecule has 2 aromatic heterocycles. The molecule has 0 N–H and O–H groups in total. The standard InChI is InChI=1S/C53H35N3/c1-3-11-36(12-4-1)38-21-27-44(28-22-38)55(45-29-23-39(24-30-45)37-13-5-2-6-14-37)46-31-25-41-33-40(19-20-42(41)34-46)43-26-32-48-49(35-43)47-15-7-9-17-51(47)56-52-18-10-8-16-50(52)54-53(48)56/h1-35H. The molecule has 0 atom stereocenters. The highest BCUT2D eigenvalue weighted by molar-refractivity contribution is 6.15. The Bertz CT molecular complexity index is 3140. The van der Waals surface area contributed by atoms with Crippen LogP contribution in [0.4, 0.5) is 17.1 Å². The maximum absolute atomic E-state index is 5.10. The number of benzene rings is 9. The zero-order chi connectivity index (χ0) is 37.0. The normalized spacial score (nSPS) is 11.6. The molecule has 0 bridgehead atoms. The van der Waals surface area contributed by atoms with Gasteiger partial charge in [-0.1, -0.05) is 140 Å². The lowest BCUT2D eigenvalue weighted by Gasteiger charge is -2.26. The molecule has 9 aromatic carbocycles. The van der Waals surface area contributed by atoms with E-state index in [4.69, 9.17) is 4.98 Å².